The van der Waals surface area contributed by atoms with Crippen molar-refractivity contribution < 1.29 is 9.13 Å². The van der Waals surface area contributed by atoms with Gasteiger partial charge < -0.3 is 20.7 Å². The van der Waals surface area contributed by atoms with E-state index in [0.29, 0.717) is 29.9 Å². The summed E-state index contributed by atoms with van der Waals surface area (Å²) in [5.74, 6) is 1.51. The first-order chi connectivity index (χ1) is 15.5. The molecule has 1 aromatic carbocycles. The molecule has 8 nitrogen and oxygen atoms in total. The maximum absolute atomic E-state index is 13.2. The lowest BCUT2D eigenvalue weighted by molar-refractivity contribution is 0.0625. The highest BCUT2D eigenvalue weighted by Crippen LogP contribution is 2.22. The molecule has 0 atom stereocenters. The molecule has 1 fully saturated rings. The molecule has 1 aliphatic heterocycles. The number of hydrogen-bond donors (Lipinski definition) is 2. The van der Waals surface area contributed by atoms with Crippen molar-refractivity contribution in [2.75, 3.05) is 46.1 Å². The predicted octanol–water partition coefficient (Wildman–Crippen LogP) is 2.72. The number of nitriles is 1. The Bertz CT molecular complexity index is 942. The number of rotatable bonds is 8. The molecule has 9 heteroatoms. The number of anilines is 1. The molecule has 0 amide bonds. The highest BCUT2D eigenvalue weighted by Gasteiger charge is 2.17. The van der Waals surface area contributed by atoms with Crippen molar-refractivity contribution in [1.82, 2.24) is 20.0 Å². The van der Waals surface area contributed by atoms with E-state index < -0.39 is 0 Å². The molecule has 172 valence electrons. The number of nitrogens with zero attached hydrogens (tertiary/aromatic N) is 5. The molecular formula is C23H32FN7O. The summed E-state index contributed by atoms with van der Waals surface area (Å²) in [5, 5.41) is 17.4. The van der Waals surface area contributed by atoms with Crippen LogP contribution >= 0.6 is 0 Å². The minimum absolute atomic E-state index is 0.269. The van der Waals surface area contributed by atoms with E-state index in [1.807, 2.05) is 7.05 Å². The number of nitrogens with two attached hydrogens (primary N) is 1. The van der Waals surface area contributed by atoms with E-state index in [-0.39, 0.29) is 11.6 Å². The quantitative estimate of drug-likeness (QED) is 0.371. The summed E-state index contributed by atoms with van der Waals surface area (Å²) in [6.45, 7) is 3.38. The van der Waals surface area contributed by atoms with Gasteiger partial charge in [0.15, 0.2) is 5.96 Å². The van der Waals surface area contributed by atoms with Crippen LogP contribution in [0.15, 0.2) is 29.3 Å². The zero-order chi connectivity index (χ0) is 22.9. The Balaban J connectivity index is 1.51. The minimum Gasteiger partial charge on any atom is -0.382 e. The number of hydrogen-bond acceptors (Lipinski definition) is 5. The van der Waals surface area contributed by atoms with Gasteiger partial charge in [0, 0.05) is 40.4 Å². The van der Waals surface area contributed by atoms with Crippen LogP contribution in [0.25, 0.3) is 5.69 Å². The molecular weight excluding hydrogens is 409 g/mol. The van der Waals surface area contributed by atoms with Crippen LogP contribution in [0.4, 0.5) is 10.2 Å². The lowest BCUT2D eigenvalue weighted by atomic mass is 9.96. The van der Waals surface area contributed by atoms with Gasteiger partial charge in [-0.3, -0.25) is 4.99 Å². The number of ether oxygens (including phenoxy) is 1. The van der Waals surface area contributed by atoms with E-state index in [0.717, 1.165) is 57.3 Å². The van der Waals surface area contributed by atoms with Crippen LogP contribution < -0.4 is 11.1 Å². The predicted molar refractivity (Wildman–Crippen MR) is 123 cm³/mol. The molecule has 32 heavy (non-hydrogen) atoms. The third-order valence-corrected chi connectivity index (χ3v) is 5.84. The van der Waals surface area contributed by atoms with Crippen LogP contribution in [-0.2, 0) is 11.2 Å². The van der Waals surface area contributed by atoms with Crippen molar-refractivity contribution in [1.29, 1.82) is 5.26 Å². The number of benzene rings is 1. The van der Waals surface area contributed by atoms with Gasteiger partial charge in [0.1, 0.15) is 23.3 Å². The molecule has 0 saturated carbocycles. The molecule has 0 unspecified atom stereocenters. The van der Waals surface area contributed by atoms with Gasteiger partial charge in [0.2, 0.25) is 0 Å². The monoisotopic (exact) mass is 441 g/mol. The summed E-state index contributed by atoms with van der Waals surface area (Å²) in [6, 6.07) is 8.01. The molecule has 2 aromatic rings. The first-order valence-electron chi connectivity index (χ1n) is 11.1. The van der Waals surface area contributed by atoms with Gasteiger partial charge in [-0.1, -0.05) is 0 Å². The van der Waals surface area contributed by atoms with Crippen LogP contribution in [0.5, 0.6) is 0 Å². The average Bonchev–Trinajstić information content (AvgIpc) is 3.13. The first kappa shape index (κ1) is 23.5. The Hall–Kier alpha value is -3.12. The number of aromatic nitrogens is 2. The summed E-state index contributed by atoms with van der Waals surface area (Å²) < 4.78 is 20.1. The van der Waals surface area contributed by atoms with Crippen molar-refractivity contribution in [3.05, 3.63) is 41.3 Å². The molecule has 1 saturated heterocycles. The van der Waals surface area contributed by atoms with Crippen molar-refractivity contribution >= 4 is 11.8 Å². The van der Waals surface area contributed by atoms with Gasteiger partial charge >= 0.3 is 0 Å². The second-order valence-electron chi connectivity index (χ2n) is 8.05. The zero-order valence-corrected chi connectivity index (χ0v) is 18.9. The smallest absolute Gasteiger partial charge is 0.193 e. The SMILES string of the molecule is CN=C(NCCCc1nn(-c2ccc(F)cc2)c(N)c1C#N)N(C)CCC1CCOCC1. The average molecular weight is 442 g/mol. The van der Waals surface area contributed by atoms with Gasteiger partial charge in [-0.15, -0.1) is 0 Å². The number of aliphatic imine (C=N–C) groups is 1. The Labute approximate surface area is 188 Å². The molecule has 0 aliphatic carbocycles. The maximum Gasteiger partial charge on any atom is 0.193 e. The van der Waals surface area contributed by atoms with E-state index in [9.17, 15) is 9.65 Å². The van der Waals surface area contributed by atoms with Crippen LogP contribution in [0.3, 0.4) is 0 Å². The van der Waals surface area contributed by atoms with Crippen LogP contribution in [0.1, 0.15) is 36.9 Å². The first-order valence-corrected chi connectivity index (χ1v) is 11.1. The minimum atomic E-state index is -0.336. The zero-order valence-electron chi connectivity index (χ0n) is 18.9. The third-order valence-electron chi connectivity index (χ3n) is 5.84. The number of guanidine groups is 1. The maximum atomic E-state index is 13.2. The Kier molecular flexibility index (Phi) is 8.45. The van der Waals surface area contributed by atoms with Gasteiger partial charge in [0.05, 0.1) is 11.4 Å². The second kappa shape index (κ2) is 11.5. The van der Waals surface area contributed by atoms with Gasteiger partial charge in [-0.25, -0.2) is 9.07 Å². The summed E-state index contributed by atoms with van der Waals surface area (Å²) in [7, 11) is 3.83. The largest absolute Gasteiger partial charge is 0.382 e. The third kappa shape index (κ3) is 5.98. The van der Waals surface area contributed by atoms with E-state index >= 15 is 0 Å². The van der Waals surface area contributed by atoms with Crippen LogP contribution in [0, 0.1) is 23.1 Å². The summed E-state index contributed by atoms with van der Waals surface area (Å²) in [6.07, 6.45) is 4.76. The lowest BCUT2D eigenvalue weighted by Crippen LogP contribution is -2.40. The number of halogens is 1. The Morgan fingerprint density at radius 3 is 2.75 bits per heavy atom. The molecule has 3 N–H and O–H groups in total. The van der Waals surface area contributed by atoms with Crippen LogP contribution in [-0.4, -0.2) is 61.0 Å². The van der Waals surface area contributed by atoms with Gasteiger partial charge in [0.25, 0.3) is 0 Å². The van der Waals surface area contributed by atoms with Crippen molar-refractivity contribution in [3.63, 3.8) is 0 Å². The Morgan fingerprint density at radius 2 is 2.09 bits per heavy atom. The molecule has 0 radical (unpaired) electrons. The van der Waals surface area contributed by atoms with Crippen molar-refractivity contribution in [2.45, 2.75) is 32.1 Å². The molecule has 1 aromatic heterocycles. The fraction of sp³-hybridized carbons (Fsp3) is 0.522. The highest BCUT2D eigenvalue weighted by molar-refractivity contribution is 5.79. The van der Waals surface area contributed by atoms with E-state index in [4.69, 9.17) is 10.5 Å². The van der Waals surface area contributed by atoms with Crippen LogP contribution in [0.2, 0.25) is 0 Å². The number of aryl methyl sites for hydroxylation is 1. The molecule has 1 aliphatic rings. The van der Waals surface area contributed by atoms with Gasteiger partial charge in [-0.05, 0) is 62.3 Å². The molecule has 3 rings (SSSR count). The van der Waals surface area contributed by atoms with E-state index in [1.165, 1.54) is 16.8 Å². The van der Waals surface area contributed by atoms with Crippen molar-refractivity contribution in [2.24, 2.45) is 10.9 Å². The Morgan fingerprint density at radius 1 is 1.38 bits per heavy atom. The molecule has 0 spiro atoms. The second-order valence-corrected chi connectivity index (χ2v) is 8.05. The van der Waals surface area contributed by atoms with Gasteiger partial charge in [-0.2, -0.15) is 10.4 Å². The summed E-state index contributed by atoms with van der Waals surface area (Å²) >= 11 is 0. The highest BCUT2D eigenvalue weighted by atomic mass is 19.1. The standard InChI is InChI=1S/C23H32FN7O/c1-27-23(30(2)13-9-17-10-14-32-15-11-17)28-12-3-4-21-20(16-25)22(26)31(29-21)19-7-5-18(24)6-8-19/h5-8,17H,3-4,9-15,26H2,1-2H3,(H,27,28). The van der Waals surface area contributed by atoms with Crippen molar-refractivity contribution in [3.8, 4) is 11.8 Å². The topological polar surface area (TPSA) is 104 Å². The lowest BCUT2D eigenvalue weighted by Gasteiger charge is -2.26. The summed E-state index contributed by atoms with van der Waals surface area (Å²) in [4.78, 5) is 6.53. The fourth-order valence-electron chi connectivity index (χ4n) is 3.91. The normalized spacial score (nSPS) is 14.9. The number of nitrogens with one attached hydrogen (secondary N) is 1. The fourth-order valence-corrected chi connectivity index (χ4v) is 3.91. The van der Waals surface area contributed by atoms with E-state index in [1.54, 1.807) is 19.2 Å². The number of nitrogen functional groups attached to an aromatic ring is 1. The van der Waals surface area contributed by atoms with E-state index in [2.05, 4.69) is 26.4 Å². The summed E-state index contributed by atoms with van der Waals surface area (Å²) in [5.41, 5.74) is 7.76. The molecule has 2 heterocycles. The molecule has 0 bridgehead atoms.